The number of nitrogens with zero attached hydrogens (tertiary/aromatic N) is 6. The maximum atomic E-state index is 12.5. The summed E-state index contributed by atoms with van der Waals surface area (Å²) in [4.78, 5) is 22.9. The van der Waals surface area contributed by atoms with Gasteiger partial charge >= 0.3 is 0 Å². The molecule has 0 aromatic carbocycles. The monoisotopic (exact) mass is 298 g/mol. The van der Waals surface area contributed by atoms with Gasteiger partial charge in [-0.2, -0.15) is 5.10 Å². The van der Waals surface area contributed by atoms with Crippen LogP contribution < -0.4 is 0 Å². The summed E-state index contributed by atoms with van der Waals surface area (Å²) in [6.07, 6.45) is 11.1. The minimum absolute atomic E-state index is 0.135. The molecule has 3 heterocycles. The lowest BCUT2D eigenvalue weighted by Crippen LogP contribution is -2.41. The number of amides is 1. The predicted octanol–water partition coefficient (Wildman–Crippen LogP) is 0.831. The molecule has 0 N–H and O–H groups in total. The Labute approximate surface area is 128 Å². The van der Waals surface area contributed by atoms with E-state index in [0.29, 0.717) is 13.1 Å². The van der Waals surface area contributed by atoms with Crippen LogP contribution in [0.3, 0.4) is 0 Å². The number of hydrogen-bond donors (Lipinski definition) is 0. The highest BCUT2D eigenvalue weighted by molar-refractivity contribution is 5.79. The Kier molecular flexibility index (Phi) is 3.25. The fourth-order valence-electron chi connectivity index (χ4n) is 3.20. The molecule has 7 heteroatoms. The van der Waals surface area contributed by atoms with E-state index in [0.717, 1.165) is 37.4 Å². The second kappa shape index (κ2) is 5.40. The van der Waals surface area contributed by atoms with Crippen LogP contribution in [0.15, 0.2) is 31.0 Å². The van der Waals surface area contributed by atoms with Gasteiger partial charge in [-0.1, -0.05) is 12.2 Å². The van der Waals surface area contributed by atoms with Crippen LogP contribution in [0.25, 0.3) is 0 Å². The molecule has 1 aliphatic carbocycles. The quantitative estimate of drug-likeness (QED) is 0.787. The Bertz CT molecular complexity index is 694. The van der Waals surface area contributed by atoms with E-state index in [1.54, 1.807) is 11.0 Å². The fraction of sp³-hybridized carbons (Fsp3) is 0.467. The van der Waals surface area contributed by atoms with Gasteiger partial charge in [0, 0.05) is 19.0 Å². The van der Waals surface area contributed by atoms with Gasteiger partial charge in [0.2, 0.25) is 5.91 Å². The number of hydrogen-bond acceptors (Lipinski definition) is 4. The highest BCUT2D eigenvalue weighted by atomic mass is 16.2. The Hall–Kier alpha value is -2.44. The zero-order chi connectivity index (χ0) is 14.9. The molecule has 4 rings (SSSR count). The SMILES string of the molecule is O=C(C1CC=CC1)N1CCn2c(Cn3cncn3)cnc2C1. The second-order valence-corrected chi connectivity index (χ2v) is 5.81. The van der Waals surface area contributed by atoms with Gasteiger partial charge in [0.05, 0.1) is 25.0 Å². The summed E-state index contributed by atoms with van der Waals surface area (Å²) in [7, 11) is 0. The average Bonchev–Trinajstić information content (AvgIpc) is 3.29. The van der Waals surface area contributed by atoms with E-state index >= 15 is 0 Å². The molecule has 0 fully saturated rings. The molecular formula is C15H18N6O. The fourth-order valence-corrected chi connectivity index (χ4v) is 3.20. The van der Waals surface area contributed by atoms with Crippen molar-refractivity contribution < 1.29 is 4.79 Å². The highest BCUT2D eigenvalue weighted by Crippen LogP contribution is 2.23. The van der Waals surface area contributed by atoms with E-state index < -0.39 is 0 Å². The molecule has 1 aliphatic heterocycles. The first kappa shape index (κ1) is 13.2. The van der Waals surface area contributed by atoms with Crippen molar-refractivity contribution in [2.75, 3.05) is 6.54 Å². The number of carbonyl (C=O) groups is 1. The topological polar surface area (TPSA) is 68.8 Å². The lowest BCUT2D eigenvalue weighted by molar-refractivity contribution is -0.136. The van der Waals surface area contributed by atoms with E-state index in [4.69, 9.17) is 0 Å². The van der Waals surface area contributed by atoms with Gasteiger partial charge in [0.1, 0.15) is 18.5 Å². The summed E-state index contributed by atoms with van der Waals surface area (Å²) in [6, 6.07) is 0. The first-order valence-corrected chi connectivity index (χ1v) is 7.61. The van der Waals surface area contributed by atoms with Crippen molar-refractivity contribution in [3.63, 3.8) is 0 Å². The van der Waals surface area contributed by atoms with E-state index in [2.05, 4.69) is 31.8 Å². The van der Waals surface area contributed by atoms with Crippen LogP contribution in [-0.2, 0) is 24.4 Å². The molecule has 1 amide bonds. The summed E-state index contributed by atoms with van der Waals surface area (Å²) >= 11 is 0. The van der Waals surface area contributed by atoms with Crippen molar-refractivity contribution in [1.82, 2.24) is 29.2 Å². The molecule has 0 spiro atoms. The third-order valence-electron chi connectivity index (χ3n) is 4.41. The largest absolute Gasteiger partial charge is 0.333 e. The lowest BCUT2D eigenvalue weighted by atomic mass is 10.1. The maximum absolute atomic E-state index is 12.5. The van der Waals surface area contributed by atoms with Crippen molar-refractivity contribution in [1.29, 1.82) is 0 Å². The molecule has 0 unspecified atom stereocenters. The molecule has 0 saturated heterocycles. The average molecular weight is 298 g/mol. The summed E-state index contributed by atoms with van der Waals surface area (Å²) in [5.41, 5.74) is 1.11. The second-order valence-electron chi connectivity index (χ2n) is 5.81. The maximum Gasteiger partial charge on any atom is 0.226 e. The van der Waals surface area contributed by atoms with Crippen molar-refractivity contribution in [3.05, 3.63) is 42.5 Å². The van der Waals surface area contributed by atoms with Crippen LogP contribution >= 0.6 is 0 Å². The molecule has 2 aromatic rings. The van der Waals surface area contributed by atoms with Gasteiger partial charge in [0.25, 0.3) is 0 Å². The number of fused-ring (bicyclic) bond motifs is 1. The molecule has 2 aromatic heterocycles. The summed E-state index contributed by atoms with van der Waals surface area (Å²) in [5.74, 6) is 1.36. The Morgan fingerprint density at radius 3 is 2.91 bits per heavy atom. The first-order chi connectivity index (χ1) is 10.8. The zero-order valence-corrected chi connectivity index (χ0v) is 12.3. The van der Waals surface area contributed by atoms with Crippen LogP contribution in [-0.4, -0.2) is 41.7 Å². The van der Waals surface area contributed by atoms with Crippen molar-refractivity contribution >= 4 is 5.91 Å². The number of imidazole rings is 1. The third kappa shape index (κ3) is 2.32. The number of aromatic nitrogens is 5. The Balaban J connectivity index is 1.48. The molecule has 7 nitrogen and oxygen atoms in total. The Morgan fingerprint density at radius 2 is 2.14 bits per heavy atom. The van der Waals surface area contributed by atoms with Gasteiger partial charge < -0.3 is 9.47 Å². The Morgan fingerprint density at radius 1 is 1.27 bits per heavy atom. The van der Waals surface area contributed by atoms with Gasteiger partial charge in [-0.05, 0) is 12.8 Å². The van der Waals surface area contributed by atoms with Gasteiger partial charge in [0.15, 0.2) is 0 Å². The summed E-state index contributed by atoms with van der Waals surface area (Å²) in [6.45, 7) is 2.81. The van der Waals surface area contributed by atoms with E-state index in [1.165, 1.54) is 6.33 Å². The molecule has 2 aliphatic rings. The number of rotatable bonds is 3. The molecular weight excluding hydrogens is 280 g/mol. The first-order valence-electron chi connectivity index (χ1n) is 7.61. The van der Waals surface area contributed by atoms with Gasteiger partial charge in [-0.25, -0.2) is 14.6 Å². The molecule has 0 radical (unpaired) electrons. The minimum Gasteiger partial charge on any atom is -0.333 e. The van der Waals surface area contributed by atoms with Crippen molar-refractivity contribution in [2.24, 2.45) is 5.92 Å². The lowest BCUT2D eigenvalue weighted by Gasteiger charge is -2.30. The number of carbonyl (C=O) groups excluding carboxylic acids is 1. The summed E-state index contributed by atoms with van der Waals surface area (Å²) in [5, 5.41) is 4.13. The van der Waals surface area contributed by atoms with Crippen molar-refractivity contribution in [2.45, 2.75) is 32.5 Å². The van der Waals surface area contributed by atoms with Crippen LogP contribution in [0.1, 0.15) is 24.4 Å². The zero-order valence-electron chi connectivity index (χ0n) is 12.3. The van der Waals surface area contributed by atoms with Crippen molar-refractivity contribution in [3.8, 4) is 0 Å². The predicted molar refractivity (Wildman–Crippen MR) is 78.6 cm³/mol. The van der Waals surface area contributed by atoms with Crippen LogP contribution in [0, 0.1) is 5.92 Å². The van der Waals surface area contributed by atoms with Crippen LogP contribution in [0.5, 0.6) is 0 Å². The smallest absolute Gasteiger partial charge is 0.226 e. The van der Waals surface area contributed by atoms with Crippen LogP contribution in [0.4, 0.5) is 0 Å². The van der Waals surface area contributed by atoms with Gasteiger partial charge in [-0.3, -0.25) is 4.79 Å². The van der Waals surface area contributed by atoms with E-state index in [-0.39, 0.29) is 11.8 Å². The summed E-state index contributed by atoms with van der Waals surface area (Å²) < 4.78 is 3.98. The highest BCUT2D eigenvalue weighted by Gasteiger charge is 2.28. The molecule has 0 bridgehead atoms. The molecule has 114 valence electrons. The molecule has 0 saturated carbocycles. The van der Waals surface area contributed by atoms with Crippen LogP contribution in [0.2, 0.25) is 0 Å². The van der Waals surface area contributed by atoms with Gasteiger partial charge in [-0.15, -0.1) is 0 Å². The van der Waals surface area contributed by atoms with E-state index in [9.17, 15) is 4.79 Å². The number of allylic oxidation sites excluding steroid dienone is 2. The standard InChI is InChI=1S/C15H18N6O/c22-15(12-3-1-2-4-12)19-5-6-21-13(7-17-14(21)9-19)8-20-11-16-10-18-20/h1-2,7,10-12H,3-6,8-9H2. The third-order valence-corrected chi connectivity index (χ3v) is 4.41. The van der Waals surface area contributed by atoms with E-state index in [1.807, 2.05) is 11.1 Å². The molecule has 22 heavy (non-hydrogen) atoms. The normalized spacial score (nSPS) is 17.9. The minimum atomic E-state index is 0.135. The molecule has 0 atom stereocenters.